The molecule has 0 fully saturated rings. The van der Waals surface area contributed by atoms with E-state index in [0.717, 1.165) is 18.5 Å². The summed E-state index contributed by atoms with van der Waals surface area (Å²) < 4.78 is 17.3. The van der Waals surface area contributed by atoms with E-state index in [1.165, 1.54) is 37.0 Å². The smallest absolute Gasteiger partial charge is 0.290 e. The predicted molar refractivity (Wildman–Crippen MR) is 155 cm³/mol. The van der Waals surface area contributed by atoms with Gasteiger partial charge in [-0.05, 0) is 31.5 Å². The number of nitrogens with one attached hydrogen (secondary N) is 2. The summed E-state index contributed by atoms with van der Waals surface area (Å²) in [6.07, 6.45) is 8.30. The van der Waals surface area contributed by atoms with Crippen LogP contribution >= 0.6 is 11.3 Å². The fourth-order valence-electron chi connectivity index (χ4n) is 2.98. The molecule has 11 heteroatoms. The zero-order valence-corrected chi connectivity index (χ0v) is 24.5. The van der Waals surface area contributed by atoms with Crippen molar-refractivity contribution in [1.29, 1.82) is 0 Å². The third kappa shape index (κ3) is 18.7. The Morgan fingerprint density at radius 1 is 0.974 bits per heavy atom. The van der Waals surface area contributed by atoms with Gasteiger partial charge in [0, 0.05) is 30.5 Å². The van der Waals surface area contributed by atoms with E-state index in [1.807, 2.05) is 12.3 Å². The quantitative estimate of drug-likeness (QED) is 0.154. The highest BCUT2D eigenvalue weighted by molar-refractivity contribution is 7.13. The summed E-state index contributed by atoms with van der Waals surface area (Å²) in [5.41, 5.74) is 1.36. The molecule has 0 aliphatic carbocycles. The number of aryl methyl sites for hydroxylation is 1. The van der Waals surface area contributed by atoms with Gasteiger partial charge < -0.3 is 24.6 Å². The SMILES string of the molecule is CCC.CCCCCCCOc1cc(C(=O)Nc2nc(C)cs2)ccc1OCCCOCCNC=O.O=CO. The summed E-state index contributed by atoms with van der Waals surface area (Å²) >= 11 is 1.39. The average molecular weight is 568 g/mol. The summed E-state index contributed by atoms with van der Waals surface area (Å²) in [6.45, 7) is 10.6. The monoisotopic (exact) mass is 567 g/mol. The largest absolute Gasteiger partial charge is 0.490 e. The fraction of sp³-hybridized carbons (Fsp3) is 0.571. The van der Waals surface area contributed by atoms with Crippen molar-refractivity contribution in [2.24, 2.45) is 0 Å². The Morgan fingerprint density at radius 3 is 2.28 bits per heavy atom. The molecule has 2 amide bonds. The number of benzene rings is 1. The molecule has 2 rings (SSSR count). The van der Waals surface area contributed by atoms with Crippen molar-refractivity contribution in [2.75, 3.05) is 38.3 Å². The first kappa shape index (κ1) is 35.8. The third-order valence-corrected chi connectivity index (χ3v) is 5.59. The molecule has 0 atom stereocenters. The summed E-state index contributed by atoms with van der Waals surface area (Å²) in [4.78, 5) is 35.5. The van der Waals surface area contributed by atoms with E-state index in [9.17, 15) is 9.59 Å². The molecular weight excluding hydrogens is 522 g/mol. The molecule has 39 heavy (non-hydrogen) atoms. The second-order valence-electron chi connectivity index (χ2n) is 8.37. The number of thiazole rings is 1. The van der Waals surface area contributed by atoms with Gasteiger partial charge in [-0.1, -0.05) is 52.9 Å². The molecule has 1 aromatic heterocycles. The van der Waals surface area contributed by atoms with Gasteiger partial charge in [0.15, 0.2) is 16.6 Å². The topological polar surface area (TPSA) is 136 Å². The molecule has 0 radical (unpaired) electrons. The van der Waals surface area contributed by atoms with E-state index < -0.39 is 0 Å². The number of ether oxygens (including phenoxy) is 3. The van der Waals surface area contributed by atoms with Crippen molar-refractivity contribution >= 4 is 35.3 Å². The number of nitrogens with zero attached hydrogens (tertiary/aromatic N) is 1. The number of amides is 2. The highest BCUT2D eigenvalue weighted by atomic mass is 32.1. The van der Waals surface area contributed by atoms with Crippen LogP contribution < -0.4 is 20.1 Å². The van der Waals surface area contributed by atoms with Crippen molar-refractivity contribution < 1.29 is 33.7 Å². The Labute approximate surface area is 236 Å². The minimum atomic E-state index is -0.250. The second-order valence-corrected chi connectivity index (χ2v) is 9.23. The molecule has 0 unspecified atom stereocenters. The van der Waals surface area contributed by atoms with E-state index in [-0.39, 0.29) is 12.4 Å². The molecule has 0 aliphatic rings. The van der Waals surface area contributed by atoms with Crippen LogP contribution in [0.25, 0.3) is 0 Å². The Kier molecular flexibility index (Phi) is 23.1. The molecule has 0 saturated heterocycles. The van der Waals surface area contributed by atoms with Crippen LogP contribution in [0.1, 0.15) is 81.8 Å². The Morgan fingerprint density at radius 2 is 1.64 bits per heavy atom. The molecule has 0 spiro atoms. The van der Waals surface area contributed by atoms with Crippen LogP contribution in [0, 0.1) is 6.92 Å². The van der Waals surface area contributed by atoms with Gasteiger partial charge in [-0.2, -0.15) is 0 Å². The number of rotatable bonds is 18. The van der Waals surface area contributed by atoms with Crippen molar-refractivity contribution in [3.05, 3.63) is 34.8 Å². The van der Waals surface area contributed by atoms with Gasteiger partial charge in [0.05, 0.1) is 25.5 Å². The Balaban J connectivity index is 0.00000220. The highest BCUT2D eigenvalue weighted by Crippen LogP contribution is 2.29. The van der Waals surface area contributed by atoms with Crippen LogP contribution in [0.2, 0.25) is 0 Å². The first-order chi connectivity index (χ1) is 19.0. The van der Waals surface area contributed by atoms with E-state index in [0.29, 0.717) is 68.0 Å². The molecule has 0 aliphatic heterocycles. The van der Waals surface area contributed by atoms with Gasteiger partial charge in [-0.15, -0.1) is 11.3 Å². The number of carboxylic acid groups (broad SMARTS) is 1. The summed E-state index contributed by atoms with van der Waals surface area (Å²) in [5.74, 6) is 0.929. The normalized spacial score (nSPS) is 9.74. The molecule has 220 valence electrons. The lowest BCUT2D eigenvalue weighted by Gasteiger charge is -2.14. The minimum Gasteiger partial charge on any atom is -0.490 e. The van der Waals surface area contributed by atoms with Gasteiger partial charge in [0.1, 0.15) is 0 Å². The Bertz CT molecular complexity index is 909. The maximum atomic E-state index is 12.7. The lowest BCUT2D eigenvalue weighted by molar-refractivity contribution is -0.122. The number of carbonyl (C=O) groups excluding carboxylic acids is 2. The van der Waals surface area contributed by atoms with Crippen molar-refractivity contribution in [3.8, 4) is 11.5 Å². The molecular formula is C28H45N3O7S. The molecule has 1 heterocycles. The number of hydrogen-bond donors (Lipinski definition) is 3. The fourth-order valence-corrected chi connectivity index (χ4v) is 3.67. The minimum absolute atomic E-state index is 0.235. The van der Waals surface area contributed by atoms with Crippen LogP contribution in [0.5, 0.6) is 11.5 Å². The van der Waals surface area contributed by atoms with Crippen LogP contribution in [-0.2, 0) is 14.3 Å². The first-order valence-electron chi connectivity index (χ1n) is 13.4. The maximum Gasteiger partial charge on any atom is 0.290 e. The van der Waals surface area contributed by atoms with Gasteiger partial charge in [-0.25, -0.2) is 4.98 Å². The number of anilines is 1. The number of hydrogen-bond acceptors (Lipinski definition) is 8. The molecule has 1 aromatic carbocycles. The number of unbranched alkanes of at least 4 members (excludes halogenated alkanes) is 4. The van der Waals surface area contributed by atoms with E-state index in [1.54, 1.807) is 18.2 Å². The van der Waals surface area contributed by atoms with Crippen molar-refractivity contribution in [3.63, 3.8) is 0 Å². The van der Waals surface area contributed by atoms with Gasteiger partial charge in [0.25, 0.3) is 12.4 Å². The zero-order valence-electron chi connectivity index (χ0n) is 23.7. The van der Waals surface area contributed by atoms with E-state index >= 15 is 0 Å². The van der Waals surface area contributed by atoms with E-state index in [4.69, 9.17) is 24.1 Å². The zero-order chi connectivity index (χ0) is 29.1. The van der Waals surface area contributed by atoms with Crippen LogP contribution in [-0.4, -0.2) is 61.9 Å². The van der Waals surface area contributed by atoms with Crippen LogP contribution in [0.3, 0.4) is 0 Å². The summed E-state index contributed by atoms with van der Waals surface area (Å²) in [7, 11) is 0. The predicted octanol–water partition coefficient (Wildman–Crippen LogP) is 5.70. The van der Waals surface area contributed by atoms with Gasteiger partial charge in [-0.3, -0.25) is 19.7 Å². The maximum absolute atomic E-state index is 12.7. The molecule has 2 aromatic rings. The summed E-state index contributed by atoms with van der Waals surface area (Å²) in [5, 5.41) is 14.7. The third-order valence-electron chi connectivity index (χ3n) is 4.72. The molecule has 10 nitrogen and oxygen atoms in total. The van der Waals surface area contributed by atoms with Crippen molar-refractivity contribution in [1.82, 2.24) is 10.3 Å². The summed E-state index contributed by atoms with van der Waals surface area (Å²) in [6, 6.07) is 5.21. The van der Waals surface area contributed by atoms with Crippen molar-refractivity contribution in [2.45, 2.75) is 72.6 Å². The highest BCUT2D eigenvalue weighted by Gasteiger charge is 2.13. The standard InChI is InChI=1S/C24H35N3O5S.C3H8.CH2O2/c1-3-4-5-6-7-13-32-22-16-20(23(29)27-24-26-19(2)17-33-24)9-10-21(22)31-14-8-12-30-15-11-25-18-28;1-3-2;2-1-3/h9-10,16-18H,3-8,11-15H2,1-2H3,(H,25,28)(H,26,27,29);3H2,1-2H3;1H,(H,2,3). The average Bonchev–Trinajstić information content (AvgIpc) is 3.33. The number of carbonyl (C=O) groups is 3. The van der Waals surface area contributed by atoms with Crippen LogP contribution in [0.15, 0.2) is 23.6 Å². The molecule has 0 bridgehead atoms. The van der Waals surface area contributed by atoms with E-state index in [2.05, 4.69) is 36.4 Å². The Hall–Kier alpha value is -3.18. The second kappa shape index (κ2) is 25.1. The first-order valence-corrected chi connectivity index (χ1v) is 14.3. The molecule has 3 N–H and O–H groups in total. The van der Waals surface area contributed by atoms with Gasteiger partial charge in [0.2, 0.25) is 6.41 Å². The van der Waals surface area contributed by atoms with Gasteiger partial charge >= 0.3 is 0 Å². The van der Waals surface area contributed by atoms with Crippen LogP contribution in [0.4, 0.5) is 5.13 Å². The lowest BCUT2D eigenvalue weighted by atomic mass is 10.1. The number of aromatic nitrogens is 1. The molecule has 0 saturated carbocycles. The lowest BCUT2D eigenvalue weighted by Crippen LogP contribution is -2.18.